The molecule has 0 saturated carbocycles. The Morgan fingerprint density at radius 2 is 1.95 bits per heavy atom. The van der Waals surface area contributed by atoms with E-state index in [-0.39, 0.29) is 17.5 Å². The first-order chi connectivity index (χ1) is 8.97. The van der Waals surface area contributed by atoms with Crippen LogP contribution in [0.2, 0.25) is 0 Å². The van der Waals surface area contributed by atoms with Crippen molar-refractivity contribution in [3.8, 4) is 0 Å². The molecule has 19 heavy (non-hydrogen) atoms. The highest BCUT2D eigenvalue weighted by molar-refractivity contribution is 6.17. The van der Waals surface area contributed by atoms with Crippen LogP contribution in [0.1, 0.15) is 32.6 Å². The average Bonchev–Trinajstić information content (AvgIpc) is 2.72. The predicted molar refractivity (Wildman–Crippen MR) is 73.6 cm³/mol. The largest absolute Gasteiger partial charge is 0.322 e. The van der Waals surface area contributed by atoms with Crippen molar-refractivity contribution in [1.29, 1.82) is 0 Å². The smallest absolute Gasteiger partial charge is 0.184 e. The topological polar surface area (TPSA) is 17.8 Å². The first kappa shape index (κ1) is 14.3. The molecule has 0 radical (unpaired) electrons. The summed E-state index contributed by atoms with van der Waals surface area (Å²) >= 11 is 5.77. The van der Waals surface area contributed by atoms with Gasteiger partial charge in [0.15, 0.2) is 11.6 Å². The number of benzene rings is 1. The minimum absolute atomic E-state index is 0.0273. The molecule has 0 aliphatic carbocycles. The van der Waals surface area contributed by atoms with E-state index >= 15 is 0 Å². The molecule has 0 saturated heterocycles. The summed E-state index contributed by atoms with van der Waals surface area (Å²) in [5.41, 5.74) is 0.716. The molecular formula is C14H17ClF2N2. The van der Waals surface area contributed by atoms with Crippen LogP contribution in [-0.2, 0) is 6.42 Å². The van der Waals surface area contributed by atoms with Crippen LogP contribution in [0.3, 0.4) is 0 Å². The second-order valence-corrected chi connectivity index (χ2v) is 5.43. The molecule has 0 fully saturated rings. The number of rotatable bonds is 4. The van der Waals surface area contributed by atoms with E-state index < -0.39 is 11.6 Å². The molecule has 0 N–H and O–H groups in total. The van der Waals surface area contributed by atoms with Crippen LogP contribution < -0.4 is 0 Å². The molecule has 1 unspecified atom stereocenters. The minimum atomic E-state index is -0.845. The van der Waals surface area contributed by atoms with Gasteiger partial charge in [0.05, 0.1) is 5.52 Å². The maximum absolute atomic E-state index is 14.1. The van der Waals surface area contributed by atoms with E-state index in [2.05, 4.69) is 4.98 Å². The number of halogens is 3. The molecule has 5 heteroatoms. The number of hydrogen-bond acceptors (Lipinski definition) is 1. The highest BCUT2D eigenvalue weighted by atomic mass is 35.5. The molecule has 2 aromatic rings. The Hall–Kier alpha value is -1.16. The Balaban J connectivity index is 2.74. The van der Waals surface area contributed by atoms with Crippen LogP contribution in [0.25, 0.3) is 11.0 Å². The summed E-state index contributed by atoms with van der Waals surface area (Å²) in [6.07, 6.45) is 0.536. The third-order valence-electron chi connectivity index (χ3n) is 3.51. The van der Waals surface area contributed by atoms with Crippen molar-refractivity contribution in [2.45, 2.75) is 33.2 Å². The van der Waals surface area contributed by atoms with Crippen LogP contribution in [-0.4, -0.2) is 15.4 Å². The molecule has 0 bridgehead atoms. The van der Waals surface area contributed by atoms with E-state index in [1.54, 1.807) is 4.57 Å². The lowest BCUT2D eigenvalue weighted by Crippen LogP contribution is -2.15. The van der Waals surface area contributed by atoms with Crippen molar-refractivity contribution in [1.82, 2.24) is 9.55 Å². The third kappa shape index (κ3) is 2.46. The number of hydrogen-bond donors (Lipinski definition) is 0. The van der Waals surface area contributed by atoms with Crippen molar-refractivity contribution in [2.24, 2.45) is 5.92 Å². The number of aryl methyl sites for hydroxylation is 1. The Labute approximate surface area is 116 Å². The normalized spacial score (nSPS) is 13.4. The number of aromatic nitrogens is 2. The molecule has 0 aliphatic heterocycles. The summed E-state index contributed by atoms with van der Waals surface area (Å²) in [6, 6.07) is 2.65. The molecule has 1 atom stereocenters. The molecule has 1 heterocycles. The van der Waals surface area contributed by atoms with E-state index in [4.69, 9.17) is 11.6 Å². The lowest BCUT2D eigenvalue weighted by molar-refractivity contribution is 0.401. The van der Waals surface area contributed by atoms with Gasteiger partial charge in [0.2, 0.25) is 0 Å². The number of alkyl halides is 1. The van der Waals surface area contributed by atoms with Gasteiger partial charge in [-0.25, -0.2) is 13.8 Å². The quantitative estimate of drug-likeness (QED) is 0.766. The van der Waals surface area contributed by atoms with Crippen molar-refractivity contribution in [2.75, 3.05) is 5.88 Å². The zero-order chi connectivity index (χ0) is 14.2. The van der Waals surface area contributed by atoms with Gasteiger partial charge in [0.25, 0.3) is 0 Å². The summed E-state index contributed by atoms with van der Waals surface area (Å²) in [5.74, 6) is -0.289. The lowest BCUT2D eigenvalue weighted by atomic mass is 10.1. The Morgan fingerprint density at radius 3 is 2.53 bits per heavy atom. The summed E-state index contributed by atoms with van der Waals surface area (Å²) in [5, 5.41) is 0. The Kier molecular flexibility index (Phi) is 4.09. The second-order valence-electron chi connectivity index (χ2n) is 5.05. The van der Waals surface area contributed by atoms with E-state index in [9.17, 15) is 8.78 Å². The van der Waals surface area contributed by atoms with E-state index in [0.717, 1.165) is 6.07 Å². The minimum Gasteiger partial charge on any atom is -0.322 e. The zero-order valence-corrected chi connectivity index (χ0v) is 12.0. The monoisotopic (exact) mass is 286 g/mol. The molecule has 0 amide bonds. The van der Waals surface area contributed by atoms with E-state index in [0.29, 0.717) is 23.6 Å². The van der Waals surface area contributed by atoms with Gasteiger partial charge in [0.1, 0.15) is 11.3 Å². The molecule has 0 aliphatic rings. The lowest BCUT2D eigenvalue weighted by Gasteiger charge is -2.21. The maximum Gasteiger partial charge on any atom is 0.184 e. The van der Waals surface area contributed by atoms with Gasteiger partial charge >= 0.3 is 0 Å². The molecule has 2 nitrogen and oxygen atoms in total. The van der Waals surface area contributed by atoms with Crippen molar-refractivity contribution in [3.05, 3.63) is 29.6 Å². The van der Waals surface area contributed by atoms with Crippen LogP contribution in [0, 0.1) is 17.6 Å². The predicted octanol–water partition coefficient (Wildman–Crippen LogP) is 4.31. The molecule has 1 aromatic carbocycles. The fraction of sp³-hybridized carbons (Fsp3) is 0.500. The van der Waals surface area contributed by atoms with Crippen molar-refractivity contribution in [3.63, 3.8) is 0 Å². The van der Waals surface area contributed by atoms with Gasteiger partial charge in [0, 0.05) is 18.3 Å². The molecule has 0 spiro atoms. The number of fused-ring (bicyclic) bond motifs is 1. The highest BCUT2D eigenvalue weighted by Crippen LogP contribution is 2.29. The van der Waals surface area contributed by atoms with Gasteiger partial charge in [-0.2, -0.15) is 0 Å². The van der Waals surface area contributed by atoms with Gasteiger partial charge in [-0.05, 0) is 25.0 Å². The van der Waals surface area contributed by atoms with Gasteiger partial charge in [-0.3, -0.25) is 0 Å². The summed E-state index contributed by atoms with van der Waals surface area (Å²) in [7, 11) is 0. The fourth-order valence-corrected chi connectivity index (χ4v) is 2.34. The molecule has 2 rings (SSSR count). The van der Waals surface area contributed by atoms with Crippen LogP contribution in [0.15, 0.2) is 12.1 Å². The van der Waals surface area contributed by atoms with Gasteiger partial charge in [-0.1, -0.05) is 13.8 Å². The van der Waals surface area contributed by atoms with Crippen LogP contribution in [0.4, 0.5) is 8.78 Å². The summed E-state index contributed by atoms with van der Waals surface area (Å²) in [6.45, 7) is 6.06. The maximum atomic E-state index is 14.1. The van der Waals surface area contributed by atoms with Crippen LogP contribution >= 0.6 is 11.6 Å². The fourth-order valence-electron chi connectivity index (χ4n) is 2.17. The zero-order valence-electron chi connectivity index (χ0n) is 11.3. The standard InChI is InChI=1S/C14H17ClF2N2/c1-8(2)9(3)19-12(6-7-15)18-11-5-4-10(16)13(17)14(11)19/h4-5,8-9H,6-7H2,1-3H3. The van der Waals surface area contributed by atoms with Gasteiger partial charge < -0.3 is 4.57 Å². The molecule has 104 valence electrons. The van der Waals surface area contributed by atoms with Crippen LogP contribution in [0.5, 0.6) is 0 Å². The van der Waals surface area contributed by atoms with Crippen molar-refractivity contribution < 1.29 is 8.78 Å². The van der Waals surface area contributed by atoms with Gasteiger partial charge in [-0.15, -0.1) is 11.6 Å². The SMILES string of the molecule is CC(C)C(C)n1c(CCCl)nc2ccc(F)c(F)c21. The molecular weight excluding hydrogens is 270 g/mol. The Bertz CT molecular complexity index is 593. The first-order valence-electron chi connectivity index (χ1n) is 6.38. The highest BCUT2D eigenvalue weighted by Gasteiger charge is 2.22. The van der Waals surface area contributed by atoms with Crippen molar-refractivity contribution >= 4 is 22.6 Å². The first-order valence-corrected chi connectivity index (χ1v) is 6.91. The third-order valence-corrected chi connectivity index (χ3v) is 3.70. The van der Waals surface area contributed by atoms with E-state index in [1.807, 2.05) is 20.8 Å². The Morgan fingerprint density at radius 1 is 1.26 bits per heavy atom. The second kappa shape index (κ2) is 5.45. The van der Waals surface area contributed by atoms with E-state index in [1.165, 1.54) is 6.07 Å². The number of imidazole rings is 1. The summed E-state index contributed by atoms with van der Waals surface area (Å²) < 4.78 is 29.3. The molecule has 1 aromatic heterocycles. The summed E-state index contributed by atoms with van der Waals surface area (Å²) in [4.78, 5) is 4.38. The average molecular weight is 287 g/mol. The number of nitrogens with zero attached hydrogens (tertiary/aromatic N) is 2.